The van der Waals surface area contributed by atoms with Crippen molar-refractivity contribution in [2.45, 2.75) is 86.1 Å². The van der Waals surface area contributed by atoms with E-state index in [-0.39, 0.29) is 16.4 Å². The highest BCUT2D eigenvalue weighted by Gasteiger charge is 2.25. The number of rotatable bonds is 20. The summed E-state index contributed by atoms with van der Waals surface area (Å²) in [5.41, 5.74) is 3.13. The van der Waals surface area contributed by atoms with Gasteiger partial charge in [0.25, 0.3) is 0 Å². The zero-order chi connectivity index (χ0) is 37.6. The monoisotopic (exact) mass is 753 g/mol. The number of hydrogen-bond acceptors (Lipinski definition) is 8. The molecule has 2 N–H and O–H groups in total. The molecule has 0 saturated heterocycles. The van der Waals surface area contributed by atoms with E-state index in [4.69, 9.17) is 8.92 Å². The first kappa shape index (κ1) is 39.9. The van der Waals surface area contributed by atoms with Crippen LogP contribution in [0.3, 0.4) is 0 Å². The average Bonchev–Trinajstić information content (AvgIpc) is 3.16. The average molecular weight is 754 g/mol. The van der Waals surface area contributed by atoms with Crippen molar-refractivity contribution in [3.05, 3.63) is 132 Å². The second kappa shape index (κ2) is 19.7. The van der Waals surface area contributed by atoms with E-state index in [1.165, 1.54) is 37.4 Å². The predicted octanol–water partition coefficient (Wildman–Crippen LogP) is 10.6. The number of phenols is 1. The molecule has 0 fully saturated rings. The number of unbranched alkanes of at least 4 members (excludes halogenated alkanes) is 5. The summed E-state index contributed by atoms with van der Waals surface area (Å²) in [6, 6.07) is 33.9. The van der Waals surface area contributed by atoms with Gasteiger partial charge in [0.05, 0.1) is 6.61 Å². The molecule has 0 spiro atoms. The molecule has 0 aliphatic rings. The van der Waals surface area contributed by atoms with Crippen molar-refractivity contribution in [1.29, 1.82) is 0 Å². The lowest BCUT2D eigenvalue weighted by molar-refractivity contribution is 0.215. The molecule has 9 heteroatoms. The van der Waals surface area contributed by atoms with Crippen LogP contribution >= 0.6 is 11.8 Å². The Morgan fingerprint density at radius 3 is 2.21 bits per heavy atom. The molecule has 53 heavy (non-hydrogen) atoms. The second-order valence-electron chi connectivity index (χ2n) is 13.3. The molecule has 0 aromatic heterocycles. The van der Waals surface area contributed by atoms with E-state index in [1.54, 1.807) is 54.6 Å². The van der Waals surface area contributed by atoms with Crippen molar-refractivity contribution in [2.75, 3.05) is 20.2 Å². The van der Waals surface area contributed by atoms with E-state index in [2.05, 4.69) is 25.8 Å². The van der Waals surface area contributed by atoms with Crippen LogP contribution in [0.25, 0.3) is 11.1 Å². The molecular weight excluding hydrogens is 703 g/mol. The van der Waals surface area contributed by atoms with Crippen molar-refractivity contribution in [2.24, 2.45) is 0 Å². The summed E-state index contributed by atoms with van der Waals surface area (Å²) in [5, 5.41) is 22.8. The van der Waals surface area contributed by atoms with Gasteiger partial charge < -0.3 is 24.0 Å². The smallest absolute Gasteiger partial charge is 0.340 e. The van der Waals surface area contributed by atoms with Crippen LogP contribution in [0.1, 0.15) is 81.6 Å². The van der Waals surface area contributed by atoms with Gasteiger partial charge in [-0.15, -0.1) is 0 Å². The fourth-order valence-corrected chi connectivity index (χ4v) is 8.42. The van der Waals surface area contributed by atoms with Crippen LogP contribution in [0.2, 0.25) is 0 Å². The highest BCUT2D eigenvalue weighted by atomic mass is 32.2. The van der Waals surface area contributed by atoms with Crippen molar-refractivity contribution in [3.8, 4) is 28.4 Å². The molecule has 0 aliphatic carbocycles. The predicted molar refractivity (Wildman–Crippen MR) is 214 cm³/mol. The Balaban J connectivity index is 1.45. The molecule has 5 aromatic rings. The summed E-state index contributed by atoms with van der Waals surface area (Å²) in [7, 11) is -2.20. The van der Waals surface area contributed by atoms with Gasteiger partial charge in [0.1, 0.15) is 28.2 Å². The highest BCUT2D eigenvalue weighted by Crippen LogP contribution is 2.40. The maximum atomic E-state index is 14.0. The normalized spacial score (nSPS) is 12.2. The number of aliphatic hydroxyl groups is 1. The van der Waals surface area contributed by atoms with Crippen LogP contribution in [0.5, 0.6) is 17.2 Å². The van der Waals surface area contributed by atoms with Crippen molar-refractivity contribution in [1.82, 2.24) is 4.90 Å². The number of nitrogens with zero attached hydrogens (tertiary/aromatic N) is 1. The molecule has 280 valence electrons. The van der Waals surface area contributed by atoms with Gasteiger partial charge in [0, 0.05) is 21.9 Å². The van der Waals surface area contributed by atoms with Gasteiger partial charge in [0.15, 0.2) is 0 Å². The first-order chi connectivity index (χ1) is 25.7. The lowest BCUT2D eigenvalue weighted by atomic mass is 9.91. The third-order valence-corrected chi connectivity index (χ3v) is 11.5. The molecule has 1 atom stereocenters. The van der Waals surface area contributed by atoms with E-state index in [0.717, 1.165) is 42.0 Å². The van der Waals surface area contributed by atoms with Crippen molar-refractivity contribution in [3.63, 3.8) is 0 Å². The number of phenolic OH excluding ortho intramolecular Hbond substituents is 1. The standard InChI is InChI=1S/C44H51NO6S2/c1-4-6-8-9-15-28-45(3)32-33-20-26-41(46)40(30-33)44(47)39-19-14-13-18-38(39)34-21-27-42(52-37-24-22-35(23-25-37)50-29-7-5-2)43(31-34)53(48,49)51-36-16-11-10-12-17-36/h10-14,16-27,30-31,44,46-47H,4-9,15,28-29,32H2,1-3H3. The van der Waals surface area contributed by atoms with Crippen LogP contribution in [-0.2, 0) is 16.7 Å². The number of hydrogen-bond donors (Lipinski definition) is 2. The molecule has 5 aromatic carbocycles. The molecule has 0 saturated carbocycles. The zero-order valence-electron chi connectivity index (χ0n) is 30.9. The highest BCUT2D eigenvalue weighted by molar-refractivity contribution is 8.00. The van der Waals surface area contributed by atoms with Crippen LogP contribution in [-0.4, -0.2) is 43.7 Å². The Bertz CT molecular complexity index is 2000. The summed E-state index contributed by atoms with van der Waals surface area (Å²) in [6.45, 7) is 6.63. The number of para-hydroxylation sites is 1. The summed E-state index contributed by atoms with van der Waals surface area (Å²) < 4.78 is 39.4. The first-order valence-corrected chi connectivity index (χ1v) is 20.7. The third-order valence-electron chi connectivity index (χ3n) is 9.03. The minimum atomic E-state index is -4.29. The quantitative estimate of drug-likeness (QED) is 0.0599. The van der Waals surface area contributed by atoms with E-state index in [0.29, 0.717) is 40.3 Å². The topological polar surface area (TPSA) is 96.3 Å². The first-order valence-electron chi connectivity index (χ1n) is 18.5. The van der Waals surface area contributed by atoms with E-state index >= 15 is 0 Å². The molecular formula is C44H51NO6S2. The molecule has 0 bridgehead atoms. The van der Waals surface area contributed by atoms with Gasteiger partial charge in [-0.3, -0.25) is 0 Å². The molecule has 0 aliphatic heterocycles. The minimum Gasteiger partial charge on any atom is -0.508 e. The Hall–Kier alpha value is -4.28. The van der Waals surface area contributed by atoms with Gasteiger partial charge in [0.2, 0.25) is 0 Å². The van der Waals surface area contributed by atoms with Crippen molar-refractivity contribution < 1.29 is 27.6 Å². The van der Waals surface area contributed by atoms with Crippen LogP contribution in [0.15, 0.2) is 130 Å². The van der Waals surface area contributed by atoms with E-state index in [1.807, 2.05) is 60.7 Å². The second-order valence-corrected chi connectivity index (χ2v) is 16.0. The number of aliphatic hydroxyl groups excluding tert-OH is 1. The molecule has 7 nitrogen and oxygen atoms in total. The van der Waals surface area contributed by atoms with Crippen molar-refractivity contribution >= 4 is 21.9 Å². The Morgan fingerprint density at radius 2 is 1.45 bits per heavy atom. The summed E-state index contributed by atoms with van der Waals surface area (Å²) in [5.74, 6) is 0.956. The SMILES string of the molecule is CCCCCCCN(C)Cc1ccc(O)c(C(O)c2ccccc2-c2ccc(Sc3ccc(OCCCC)cc3)c(S(=O)(=O)Oc3ccccc3)c2)c1. The number of aromatic hydroxyl groups is 1. The van der Waals surface area contributed by atoms with E-state index < -0.39 is 16.2 Å². The minimum absolute atomic E-state index is 0.000931. The zero-order valence-corrected chi connectivity index (χ0v) is 32.5. The summed E-state index contributed by atoms with van der Waals surface area (Å²) in [4.78, 5) is 3.59. The van der Waals surface area contributed by atoms with Gasteiger partial charge in [-0.2, -0.15) is 8.42 Å². The molecule has 0 heterocycles. The Morgan fingerprint density at radius 1 is 0.736 bits per heavy atom. The number of benzene rings is 5. The van der Waals surface area contributed by atoms with Gasteiger partial charge in [-0.05, 0) is 109 Å². The lowest BCUT2D eigenvalue weighted by Crippen LogP contribution is -2.19. The Kier molecular flexibility index (Phi) is 14.8. The Labute approximate surface area is 319 Å². The molecule has 5 rings (SSSR count). The van der Waals surface area contributed by atoms with E-state index in [9.17, 15) is 18.6 Å². The van der Waals surface area contributed by atoms with Gasteiger partial charge in [-0.25, -0.2) is 0 Å². The largest absolute Gasteiger partial charge is 0.508 e. The third kappa shape index (κ3) is 11.4. The fourth-order valence-electron chi connectivity index (χ4n) is 6.13. The maximum absolute atomic E-state index is 14.0. The maximum Gasteiger partial charge on any atom is 0.340 e. The lowest BCUT2D eigenvalue weighted by Gasteiger charge is -2.21. The van der Waals surface area contributed by atoms with Crippen LogP contribution in [0.4, 0.5) is 0 Å². The van der Waals surface area contributed by atoms with Gasteiger partial charge >= 0.3 is 10.1 Å². The van der Waals surface area contributed by atoms with Crippen LogP contribution in [0, 0.1) is 0 Å². The van der Waals surface area contributed by atoms with Gasteiger partial charge in [-0.1, -0.05) is 112 Å². The summed E-state index contributed by atoms with van der Waals surface area (Å²) >= 11 is 1.32. The van der Waals surface area contributed by atoms with Crippen LogP contribution < -0.4 is 8.92 Å². The molecule has 1 unspecified atom stereocenters. The number of ether oxygens (including phenoxy) is 1. The fraction of sp³-hybridized carbons (Fsp3) is 0.318. The molecule has 0 radical (unpaired) electrons. The molecule has 0 amide bonds. The summed E-state index contributed by atoms with van der Waals surface area (Å²) in [6.07, 6.45) is 6.90.